The molecule has 140 valence electrons. The molecule has 1 fully saturated rings. The first-order chi connectivity index (χ1) is 12.8. The SMILES string of the molecule is Cn1[nH]c(=O)c2c(C(=O)NNc3c(Cl)cc(Cl)cc3Cl)cc(C3CC3)nc21. The standard InChI is InChI=1S/C17H14Cl3N5O2/c1-25-15-13(17(27)24-25)9(6-12(21-15)7-2-3-7)16(26)23-22-14-10(19)4-8(18)5-11(14)20/h4-7,22H,2-3H2,1H3,(H,23,26)(H,24,27). The topological polar surface area (TPSA) is 91.8 Å². The van der Waals surface area contributed by atoms with Gasteiger partial charge in [0.2, 0.25) is 0 Å². The fourth-order valence-corrected chi connectivity index (χ4v) is 3.81. The minimum atomic E-state index is -0.497. The highest BCUT2D eigenvalue weighted by atomic mass is 35.5. The van der Waals surface area contributed by atoms with E-state index in [2.05, 4.69) is 20.9 Å². The largest absolute Gasteiger partial charge is 0.295 e. The number of halogens is 3. The number of pyridine rings is 1. The van der Waals surface area contributed by atoms with Gasteiger partial charge < -0.3 is 0 Å². The number of hydrogen-bond donors (Lipinski definition) is 3. The van der Waals surface area contributed by atoms with Gasteiger partial charge >= 0.3 is 0 Å². The first-order valence-corrected chi connectivity index (χ1v) is 9.29. The lowest BCUT2D eigenvalue weighted by Gasteiger charge is -2.13. The Morgan fingerprint density at radius 1 is 1.22 bits per heavy atom. The Bertz CT molecular complexity index is 1110. The van der Waals surface area contributed by atoms with Gasteiger partial charge in [-0.25, -0.2) is 4.98 Å². The van der Waals surface area contributed by atoms with Crippen molar-refractivity contribution in [3.63, 3.8) is 0 Å². The number of aryl methyl sites for hydroxylation is 1. The Hall–Kier alpha value is -2.22. The summed E-state index contributed by atoms with van der Waals surface area (Å²) in [6, 6.07) is 4.67. The molecule has 2 aromatic heterocycles. The second-order valence-corrected chi connectivity index (χ2v) is 7.64. The summed E-state index contributed by atoms with van der Waals surface area (Å²) in [5, 5.41) is 3.75. The smallest absolute Gasteiger partial charge is 0.274 e. The quantitative estimate of drug-likeness (QED) is 0.553. The van der Waals surface area contributed by atoms with E-state index in [1.165, 1.54) is 16.8 Å². The number of carbonyl (C=O) groups excluding carboxylic acids is 1. The number of hydrazine groups is 1. The van der Waals surface area contributed by atoms with E-state index in [1.54, 1.807) is 13.1 Å². The highest BCUT2D eigenvalue weighted by molar-refractivity contribution is 6.41. The molecule has 1 aliphatic rings. The number of aromatic nitrogens is 3. The molecule has 4 rings (SSSR count). The van der Waals surface area contributed by atoms with Crippen LogP contribution in [0.15, 0.2) is 23.0 Å². The van der Waals surface area contributed by atoms with E-state index in [4.69, 9.17) is 34.8 Å². The van der Waals surface area contributed by atoms with E-state index in [0.717, 1.165) is 18.5 Å². The predicted octanol–water partition coefficient (Wildman–Crippen LogP) is 3.86. The summed E-state index contributed by atoms with van der Waals surface area (Å²) in [6.07, 6.45) is 2.04. The van der Waals surface area contributed by atoms with Crippen LogP contribution in [0.4, 0.5) is 5.69 Å². The molecule has 3 aromatic rings. The number of nitrogens with one attached hydrogen (secondary N) is 3. The molecule has 1 aromatic carbocycles. The van der Waals surface area contributed by atoms with E-state index < -0.39 is 5.91 Å². The molecule has 0 radical (unpaired) electrons. The van der Waals surface area contributed by atoms with E-state index in [1.807, 2.05) is 0 Å². The van der Waals surface area contributed by atoms with Crippen LogP contribution in [0, 0.1) is 0 Å². The van der Waals surface area contributed by atoms with Crippen molar-refractivity contribution in [1.82, 2.24) is 20.2 Å². The molecular formula is C17H14Cl3N5O2. The molecule has 10 heteroatoms. The minimum absolute atomic E-state index is 0.231. The van der Waals surface area contributed by atoms with Gasteiger partial charge in [0, 0.05) is 23.7 Å². The molecule has 2 heterocycles. The minimum Gasteiger partial charge on any atom is -0.295 e. The van der Waals surface area contributed by atoms with Crippen molar-refractivity contribution < 1.29 is 4.79 Å². The summed E-state index contributed by atoms with van der Waals surface area (Å²) in [5.41, 5.74) is 6.64. The second-order valence-electron chi connectivity index (χ2n) is 6.39. The summed E-state index contributed by atoms with van der Waals surface area (Å²) in [7, 11) is 1.68. The van der Waals surface area contributed by atoms with Gasteiger partial charge in [-0.15, -0.1) is 0 Å². The van der Waals surface area contributed by atoms with Gasteiger partial charge in [-0.1, -0.05) is 34.8 Å². The zero-order valence-electron chi connectivity index (χ0n) is 14.1. The third-order valence-corrected chi connectivity index (χ3v) is 5.20. The Kier molecular flexibility index (Phi) is 4.53. The van der Waals surface area contributed by atoms with Crippen LogP contribution in [0.5, 0.6) is 0 Å². The molecule has 0 unspecified atom stereocenters. The van der Waals surface area contributed by atoms with E-state index >= 15 is 0 Å². The predicted molar refractivity (Wildman–Crippen MR) is 106 cm³/mol. The van der Waals surface area contributed by atoms with Crippen molar-refractivity contribution in [2.24, 2.45) is 7.05 Å². The summed E-state index contributed by atoms with van der Waals surface area (Å²) >= 11 is 18.1. The van der Waals surface area contributed by atoms with Gasteiger partial charge in [0.15, 0.2) is 5.65 Å². The molecule has 0 saturated heterocycles. The first kappa shape index (κ1) is 18.2. The number of carbonyl (C=O) groups is 1. The van der Waals surface area contributed by atoms with Gasteiger partial charge in [-0.05, 0) is 31.0 Å². The molecule has 27 heavy (non-hydrogen) atoms. The van der Waals surface area contributed by atoms with Gasteiger partial charge in [0.05, 0.1) is 26.7 Å². The Morgan fingerprint density at radius 3 is 2.52 bits per heavy atom. The lowest BCUT2D eigenvalue weighted by molar-refractivity contribution is 0.0964. The van der Waals surface area contributed by atoms with Crippen LogP contribution >= 0.6 is 34.8 Å². The highest BCUT2D eigenvalue weighted by Crippen LogP contribution is 2.40. The van der Waals surface area contributed by atoms with E-state index in [0.29, 0.717) is 22.3 Å². The number of nitrogens with zero attached hydrogens (tertiary/aromatic N) is 2. The van der Waals surface area contributed by atoms with Crippen molar-refractivity contribution in [3.05, 3.63) is 54.9 Å². The number of H-pyrrole nitrogens is 1. The average molecular weight is 427 g/mol. The van der Waals surface area contributed by atoms with Crippen molar-refractivity contribution in [1.29, 1.82) is 0 Å². The van der Waals surface area contributed by atoms with Crippen molar-refractivity contribution in [2.75, 3.05) is 5.43 Å². The number of aromatic amines is 1. The summed E-state index contributed by atoms with van der Waals surface area (Å²) < 4.78 is 1.51. The third-order valence-electron chi connectivity index (χ3n) is 4.38. The monoisotopic (exact) mass is 425 g/mol. The normalized spacial score (nSPS) is 13.8. The molecule has 0 spiro atoms. The Morgan fingerprint density at radius 2 is 1.89 bits per heavy atom. The number of fused-ring (bicyclic) bond motifs is 1. The van der Waals surface area contributed by atoms with Crippen molar-refractivity contribution in [3.8, 4) is 0 Å². The number of anilines is 1. The molecule has 1 amide bonds. The highest BCUT2D eigenvalue weighted by Gasteiger charge is 2.28. The summed E-state index contributed by atoms with van der Waals surface area (Å²) in [6.45, 7) is 0. The second kappa shape index (κ2) is 6.74. The van der Waals surface area contributed by atoms with Crippen LogP contribution in [0.1, 0.15) is 34.8 Å². The van der Waals surface area contributed by atoms with Crippen molar-refractivity contribution in [2.45, 2.75) is 18.8 Å². The molecular weight excluding hydrogens is 413 g/mol. The molecule has 3 N–H and O–H groups in total. The number of hydrogen-bond acceptors (Lipinski definition) is 4. The maximum atomic E-state index is 12.8. The fraction of sp³-hybridized carbons (Fsp3) is 0.235. The molecule has 0 bridgehead atoms. The summed E-state index contributed by atoms with van der Waals surface area (Å²) in [4.78, 5) is 29.6. The summed E-state index contributed by atoms with van der Waals surface area (Å²) in [5.74, 6) is -0.179. The van der Waals surface area contributed by atoms with Gasteiger partial charge in [0.25, 0.3) is 11.5 Å². The lowest BCUT2D eigenvalue weighted by atomic mass is 10.1. The van der Waals surface area contributed by atoms with Crippen LogP contribution in [0.2, 0.25) is 15.1 Å². The molecule has 0 aliphatic heterocycles. The first-order valence-electron chi connectivity index (χ1n) is 8.15. The fourth-order valence-electron chi connectivity index (χ4n) is 2.89. The van der Waals surface area contributed by atoms with Crippen molar-refractivity contribution >= 4 is 57.4 Å². The zero-order valence-corrected chi connectivity index (χ0v) is 16.3. The van der Waals surface area contributed by atoms with Gasteiger partial charge in [0.1, 0.15) is 0 Å². The van der Waals surface area contributed by atoms with E-state index in [9.17, 15) is 9.59 Å². The molecule has 0 atom stereocenters. The lowest BCUT2D eigenvalue weighted by Crippen LogP contribution is -2.30. The average Bonchev–Trinajstić information content (AvgIpc) is 3.40. The molecule has 1 saturated carbocycles. The number of benzene rings is 1. The van der Waals surface area contributed by atoms with Crippen LogP contribution in [-0.2, 0) is 7.05 Å². The maximum Gasteiger partial charge on any atom is 0.274 e. The Labute approximate surface area is 168 Å². The van der Waals surface area contributed by atoms with Crippen LogP contribution < -0.4 is 16.4 Å². The third kappa shape index (κ3) is 3.38. The molecule has 7 nitrogen and oxygen atoms in total. The number of amides is 1. The van der Waals surface area contributed by atoms with Gasteiger partial charge in [-0.3, -0.25) is 30.2 Å². The van der Waals surface area contributed by atoms with Gasteiger partial charge in [-0.2, -0.15) is 0 Å². The van der Waals surface area contributed by atoms with Crippen LogP contribution in [0.25, 0.3) is 11.0 Å². The Balaban J connectivity index is 1.70. The molecule has 1 aliphatic carbocycles. The van der Waals surface area contributed by atoms with E-state index in [-0.39, 0.29) is 26.6 Å². The maximum absolute atomic E-state index is 12.8. The van der Waals surface area contributed by atoms with Crippen LogP contribution in [0.3, 0.4) is 0 Å². The zero-order chi connectivity index (χ0) is 19.3. The van der Waals surface area contributed by atoms with Crippen LogP contribution in [-0.4, -0.2) is 20.7 Å². The number of rotatable bonds is 4.